The Kier molecular flexibility index (Phi) is 9.95. The lowest BCUT2D eigenvalue weighted by Crippen LogP contribution is -2.41. The van der Waals surface area contributed by atoms with Crippen molar-refractivity contribution >= 4 is 29.1 Å². The van der Waals surface area contributed by atoms with Crippen LogP contribution < -0.4 is 16.2 Å². The first-order valence-corrected chi connectivity index (χ1v) is 15.1. The molecule has 12 heteroatoms. The second kappa shape index (κ2) is 14.1. The smallest absolute Gasteiger partial charge is 0.378 e. The van der Waals surface area contributed by atoms with Crippen molar-refractivity contribution in [3.63, 3.8) is 0 Å². The molecule has 248 valence electrons. The fraction of sp³-hybridized carbons (Fsp3) is 0.222. The molecule has 9 nitrogen and oxygen atoms in total. The second-order valence-electron chi connectivity index (χ2n) is 11.3. The van der Waals surface area contributed by atoms with Gasteiger partial charge in [0.1, 0.15) is 0 Å². The number of anilines is 2. The summed E-state index contributed by atoms with van der Waals surface area (Å²) in [5, 5.41) is 5.42. The van der Waals surface area contributed by atoms with E-state index in [-0.39, 0.29) is 23.5 Å². The summed E-state index contributed by atoms with van der Waals surface area (Å²) in [6.07, 6.45) is -1.65. The number of rotatable bonds is 8. The maximum Gasteiger partial charge on any atom is 0.416 e. The first-order valence-electron chi connectivity index (χ1n) is 15.1. The highest BCUT2D eigenvalue weighted by Gasteiger charge is 2.31. The van der Waals surface area contributed by atoms with Gasteiger partial charge in [0, 0.05) is 49.6 Å². The highest BCUT2D eigenvalue weighted by molar-refractivity contribution is 6.07. The number of nitrogens with one attached hydrogen (secondary N) is 2. The molecule has 1 fully saturated rings. The average molecular weight is 659 g/mol. The van der Waals surface area contributed by atoms with Crippen LogP contribution in [0.1, 0.15) is 43.0 Å². The molecule has 1 aliphatic rings. The van der Waals surface area contributed by atoms with Crippen LogP contribution in [0.2, 0.25) is 0 Å². The molecule has 1 saturated heterocycles. The van der Waals surface area contributed by atoms with E-state index in [4.69, 9.17) is 4.74 Å². The predicted octanol–water partition coefficient (Wildman–Crippen LogP) is 5.82. The Labute approximate surface area is 274 Å². The molecule has 1 aliphatic heterocycles. The Morgan fingerprint density at radius 2 is 1.69 bits per heavy atom. The zero-order valence-corrected chi connectivity index (χ0v) is 26.3. The van der Waals surface area contributed by atoms with Gasteiger partial charge in [0.25, 0.3) is 17.4 Å². The number of halogens is 3. The number of pyridine rings is 1. The van der Waals surface area contributed by atoms with E-state index in [1.807, 2.05) is 6.07 Å². The van der Waals surface area contributed by atoms with Crippen molar-refractivity contribution in [3.8, 4) is 11.1 Å². The van der Waals surface area contributed by atoms with E-state index in [1.54, 1.807) is 61.5 Å². The van der Waals surface area contributed by atoms with E-state index in [0.29, 0.717) is 71.1 Å². The van der Waals surface area contributed by atoms with Gasteiger partial charge in [-0.1, -0.05) is 30.8 Å². The SMILES string of the molecule is C=CC(=O)Nc1cc(Cc2cc(-c3cccc(NC(=O)c4cccc(C(F)(F)F)c4)c3C)cn(C)c2=O)ccc1C(=O)N1CCOCC1. The van der Waals surface area contributed by atoms with Crippen molar-refractivity contribution in [1.29, 1.82) is 0 Å². The molecule has 4 aromatic rings. The number of aromatic nitrogens is 1. The van der Waals surface area contributed by atoms with Crippen LogP contribution in [0, 0.1) is 6.92 Å². The minimum absolute atomic E-state index is 0.139. The third kappa shape index (κ3) is 7.55. The van der Waals surface area contributed by atoms with Gasteiger partial charge in [-0.2, -0.15) is 13.2 Å². The molecule has 0 radical (unpaired) electrons. The summed E-state index contributed by atoms with van der Waals surface area (Å²) >= 11 is 0. The van der Waals surface area contributed by atoms with E-state index < -0.39 is 23.6 Å². The number of alkyl halides is 3. The number of ether oxygens (including phenoxy) is 1. The van der Waals surface area contributed by atoms with Crippen LogP contribution >= 0.6 is 0 Å². The number of aryl methyl sites for hydroxylation is 1. The summed E-state index contributed by atoms with van der Waals surface area (Å²) in [6, 6.07) is 16.1. The molecule has 3 aromatic carbocycles. The van der Waals surface area contributed by atoms with Crippen LogP contribution in [0.3, 0.4) is 0 Å². The van der Waals surface area contributed by atoms with Crippen LogP contribution in [0.5, 0.6) is 0 Å². The monoisotopic (exact) mass is 658 g/mol. The Morgan fingerprint density at radius 3 is 2.40 bits per heavy atom. The predicted molar refractivity (Wildman–Crippen MR) is 176 cm³/mol. The molecule has 0 spiro atoms. The molecule has 0 atom stereocenters. The average Bonchev–Trinajstić information content (AvgIpc) is 3.07. The first-order chi connectivity index (χ1) is 22.8. The van der Waals surface area contributed by atoms with Crippen LogP contribution in [-0.4, -0.2) is 53.5 Å². The molecule has 0 bridgehead atoms. The summed E-state index contributed by atoms with van der Waals surface area (Å²) in [6.45, 7) is 6.95. The van der Waals surface area contributed by atoms with Crippen molar-refractivity contribution in [1.82, 2.24) is 9.47 Å². The first kappa shape index (κ1) is 33.9. The van der Waals surface area contributed by atoms with E-state index in [9.17, 15) is 32.3 Å². The molecule has 0 aliphatic carbocycles. The molecule has 2 N–H and O–H groups in total. The van der Waals surface area contributed by atoms with E-state index in [2.05, 4.69) is 17.2 Å². The Balaban J connectivity index is 1.44. The number of carbonyl (C=O) groups excluding carboxylic acids is 3. The van der Waals surface area contributed by atoms with Gasteiger partial charge in [-0.15, -0.1) is 0 Å². The molecule has 48 heavy (non-hydrogen) atoms. The number of hydrogen-bond donors (Lipinski definition) is 2. The molecule has 1 aromatic heterocycles. The van der Waals surface area contributed by atoms with Crippen LogP contribution in [0.15, 0.2) is 90.4 Å². The highest BCUT2D eigenvalue weighted by Crippen LogP contribution is 2.32. The molecule has 3 amide bonds. The van der Waals surface area contributed by atoms with E-state index in [0.717, 1.165) is 18.2 Å². The van der Waals surface area contributed by atoms with Crippen molar-refractivity contribution in [2.75, 3.05) is 36.9 Å². The number of hydrogen-bond acceptors (Lipinski definition) is 5. The summed E-state index contributed by atoms with van der Waals surface area (Å²) in [7, 11) is 1.61. The molecule has 0 unspecified atom stereocenters. The zero-order chi connectivity index (χ0) is 34.6. The summed E-state index contributed by atoms with van der Waals surface area (Å²) < 4.78 is 46.4. The number of benzene rings is 3. The standard InChI is InChI=1S/C36H33F3N4O5/c1-4-32(44)40-31-18-23(11-12-29(31)35(47)43-13-15-48-16-14-43)17-25-19-26(21-42(3)34(25)46)28-9-6-10-30(22(28)2)41-33(45)24-7-5-8-27(20-24)36(37,38)39/h4-12,18-21H,1,13-17H2,2-3H3,(H,40,44)(H,41,45). The summed E-state index contributed by atoms with van der Waals surface area (Å²) in [5.41, 5.74) is 2.78. The largest absolute Gasteiger partial charge is 0.416 e. The lowest BCUT2D eigenvalue weighted by atomic mass is 9.96. The quantitative estimate of drug-likeness (QED) is 0.232. The molecular weight excluding hydrogens is 625 g/mol. The maximum absolute atomic E-state index is 13.3. The number of amides is 3. The van der Waals surface area contributed by atoms with Crippen LogP contribution in [-0.2, 0) is 29.2 Å². The Bertz CT molecular complexity index is 1960. The van der Waals surface area contributed by atoms with Gasteiger partial charge in [0.2, 0.25) is 5.91 Å². The van der Waals surface area contributed by atoms with Crippen molar-refractivity contribution in [2.45, 2.75) is 19.5 Å². The van der Waals surface area contributed by atoms with Gasteiger partial charge in [-0.05, 0) is 77.7 Å². The van der Waals surface area contributed by atoms with Gasteiger partial charge in [0.15, 0.2) is 0 Å². The van der Waals surface area contributed by atoms with Crippen molar-refractivity contribution < 1.29 is 32.3 Å². The molecule has 2 heterocycles. The summed E-state index contributed by atoms with van der Waals surface area (Å²) in [5.74, 6) is -1.44. The lowest BCUT2D eigenvalue weighted by Gasteiger charge is -2.27. The number of nitrogens with zero attached hydrogens (tertiary/aromatic N) is 2. The molecular formula is C36H33F3N4O5. The lowest BCUT2D eigenvalue weighted by molar-refractivity contribution is -0.137. The third-order valence-electron chi connectivity index (χ3n) is 8.05. The molecule has 5 rings (SSSR count). The number of morpholine rings is 1. The van der Waals surface area contributed by atoms with Gasteiger partial charge in [-0.25, -0.2) is 0 Å². The van der Waals surface area contributed by atoms with E-state index >= 15 is 0 Å². The van der Waals surface area contributed by atoms with Gasteiger partial charge in [-0.3, -0.25) is 19.2 Å². The fourth-order valence-corrected chi connectivity index (χ4v) is 5.50. The topological polar surface area (TPSA) is 110 Å². The fourth-order valence-electron chi connectivity index (χ4n) is 5.50. The Hall–Kier alpha value is -5.49. The van der Waals surface area contributed by atoms with Crippen molar-refractivity contribution in [3.05, 3.63) is 129 Å². The van der Waals surface area contributed by atoms with Gasteiger partial charge < -0.3 is 24.8 Å². The van der Waals surface area contributed by atoms with Gasteiger partial charge >= 0.3 is 6.18 Å². The highest BCUT2D eigenvalue weighted by atomic mass is 19.4. The van der Waals surface area contributed by atoms with Gasteiger partial charge in [0.05, 0.1) is 30.0 Å². The number of carbonyl (C=O) groups is 3. The third-order valence-corrected chi connectivity index (χ3v) is 8.05. The summed E-state index contributed by atoms with van der Waals surface area (Å²) in [4.78, 5) is 53.4. The Morgan fingerprint density at radius 1 is 0.958 bits per heavy atom. The minimum atomic E-state index is -4.59. The normalized spacial score (nSPS) is 13.1. The van der Waals surface area contributed by atoms with Crippen molar-refractivity contribution in [2.24, 2.45) is 7.05 Å². The second-order valence-corrected chi connectivity index (χ2v) is 11.3. The van der Waals surface area contributed by atoms with Crippen LogP contribution in [0.25, 0.3) is 11.1 Å². The zero-order valence-electron chi connectivity index (χ0n) is 26.3. The molecule has 0 saturated carbocycles. The minimum Gasteiger partial charge on any atom is -0.378 e. The van der Waals surface area contributed by atoms with E-state index in [1.165, 1.54) is 16.7 Å². The van der Waals surface area contributed by atoms with Crippen LogP contribution in [0.4, 0.5) is 24.5 Å². The maximum atomic E-state index is 13.3.